The molecule has 0 saturated heterocycles. The van der Waals surface area contributed by atoms with E-state index in [1.165, 1.54) is 6.92 Å². The van der Waals surface area contributed by atoms with Crippen LogP contribution in [0, 0.1) is 0 Å². The predicted octanol–water partition coefficient (Wildman–Crippen LogP) is 2.22. The van der Waals surface area contributed by atoms with Gasteiger partial charge in [0.15, 0.2) is 0 Å². The predicted molar refractivity (Wildman–Crippen MR) is 66.4 cm³/mol. The molecule has 0 aliphatic heterocycles. The molecule has 1 aromatic rings. The number of benzene rings is 1. The van der Waals surface area contributed by atoms with Crippen molar-refractivity contribution in [3.8, 4) is 0 Å². The summed E-state index contributed by atoms with van der Waals surface area (Å²) < 4.78 is 4.84. The summed E-state index contributed by atoms with van der Waals surface area (Å²) in [6.07, 6.45) is 0. The molecule has 0 saturated carbocycles. The van der Waals surface area contributed by atoms with Gasteiger partial charge in [-0.05, 0) is 24.6 Å². The summed E-state index contributed by atoms with van der Waals surface area (Å²) in [6.45, 7) is 7.17. The Morgan fingerprint density at radius 2 is 1.88 bits per heavy atom. The highest BCUT2D eigenvalue weighted by molar-refractivity contribution is 6.15. The fourth-order valence-corrected chi connectivity index (χ4v) is 1.29. The van der Waals surface area contributed by atoms with Gasteiger partial charge in [0.25, 0.3) is 0 Å². The van der Waals surface area contributed by atoms with Crippen LogP contribution in [-0.4, -0.2) is 18.5 Å². The number of hydrogen-bond acceptors (Lipinski definition) is 3. The van der Waals surface area contributed by atoms with Crippen molar-refractivity contribution >= 4 is 23.1 Å². The zero-order valence-corrected chi connectivity index (χ0v) is 9.95. The third kappa shape index (κ3) is 3.75. The number of hydrogen-bond donors (Lipinski definition) is 1. The lowest BCUT2D eigenvalue weighted by Crippen LogP contribution is -2.07. The quantitative estimate of drug-likeness (QED) is 0.640. The van der Waals surface area contributed by atoms with E-state index in [2.05, 4.69) is 11.9 Å². The van der Waals surface area contributed by atoms with E-state index in [4.69, 9.17) is 4.74 Å². The summed E-state index contributed by atoms with van der Waals surface area (Å²) >= 11 is 0. The Balaban J connectivity index is 2.77. The summed E-state index contributed by atoms with van der Waals surface area (Å²) in [7, 11) is 0. The van der Waals surface area contributed by atoms with Crippen LogP contribution >= 0.6 is 0 Å². The van der Waals surface area contributed by atoms with E-state index in [1.54, 1.807) is 31.2 Å². The van der Waals surface area contributed by atoms with E-state index in [9.17, 15) is 9.59 Å². The molecule has 0 aliphatic rings. The van der Waals surface area contributed by atoms with Gasteiger partial charge in [0, 0.05) is 12.6 Å². The molecule has 4 nitrogen and oxygen atoms in total. The van der Waals surface area contributed by atoms with Crippen molar-refractivity contribution in [3.05, 3.63) is 36.4 Å². The fourth-order valence-electron chi connectivity index (χ4n) is 1.29. The number of carbonyl (C=O) groups excluding carboxylic acids is 2. The minimum atomic E-state index is -0.431. The van der Waals surface area contributed by atoms with Gasteiger partial charge >= 0.3 is 5.97 Å². The molecule has 90 valence electrons. The molecule has 0 radical (unpaired) electrons. The zero-order valence-electron chi connectivity index (χ0n) is 9.95. The monoisotopic (exact) mass is 233 g/mol. The molecular weight excluding hydrogens is 218 g/mol. The molecule has 0 aliphatic carbocycles. The van der Waals surface area contributed by atoms with Gasteiger partial charge in [-0.2, -0.15) is 0 Å². The van der Waals surface area contributed by atoms with Crippen LogP contribution in [-0.2, 0) is 14.3 Å². The fraction of sp³-hybridized carbons (Fsp3) is 0.231. The maximum atomic E-state index is 11.4. The van der Waals surface area contributed by atoms with Gasteiger partial charge in [0.1, 0.15) is 0 Å². The van der Waals surface area contributed by atoms with E-state index >= 15 is 0 Å². The van der Waals surface area contributed by atoms with Crippen molar-refractivity contribution in [3.63, 3.8) is 0 Å². The van der Waals surface area contributed by atoms with Crippen LogP contribution in [0.2, 0.25) is 0 Å². The summed E-state index contributed by atoms with van der Waals surface area (Å²) in [6, 6.07) is 6.84. The van der Waals surface area contributed by atoms with Crippen LogP contribution < -0.4 is 5.32 Å². The second-order valence-electron chi connectivity index (χ2n) is 3.46. The first-order valence-electron chi connectivity index (χ1n) is 5.28. The van der Waals surface area contributed by atoms with Crippen molar-refractivity contribution in [2.75, 3.05) is 11.9 Å². The van der Waals surface area contributed by atoms with Crippen molar-refractivity contribution in [1.29, 1.82) is 0 Å². The Labute approximate surface area is 100 Å². The standard InChI is InChI=1S/C13H15NO3/c1-4-17-13(16)9(2)11-5-7-12(8-6-11)14-10(3)15/h5-8H,2,4H2,1,3H3,(H,14,15). The largest absolute Gasteiger partial charge is 0.462 e. The van der Waals surface area contributed by atoms with Crippen molar-refractivity contribution in [2.24, 2.45) is 0 Å². The lowest BCUT2D eigenvalue weighted by atomic mass is 10.1. The van der Waals surface area contributed by atoms with E-state index in [0.717, 1.165) is 0 Å². The molecule has 0 atom stereocenters. The molecule has 0 fully saturated rings. The first-order chi connectivity index (χ1) is 8.04. The lowest BCUT2D eigenvalue weighted by Gasteiger charge is -2.06. The maximum absolute atomic E-state index is 11.4. The molecule has 0 heterocycles. The number of carbonyl (C=O) groups is 2. The highest BCUT2D eigenvalue weighted by Crippen LogP contribution is 2.17. The highest BCUT2D eigenvalue weighted by Gasteiger charge is 2.09. The van der Waals surface area contributed by atoms with Gasteiger partial charge in [-0.25, -0.2) is 4.79 Å². The summed E-state index contributed by atoms with van der Waals surface area (Å²) in [5.74, 6) is -0.568. The molecule has 1 N–H and O–H groups in total. The minimum absolute atomic E-state index is 0.137. The number of nitrogens with one attached hydrogen (secondary N) is 1. The van der Waals surface area contributed by atoms with E-state index in [0.29, 0.717) is 23.4 Å². The normalized spacial score (nSPS) is 9.53. The molecule has 0 unspecified atom stereocenters. The molecule has 4 heteroatoms. The topological polar surface area (TPSA) is 55.4 Å². The van der Waals surface area contributed by atoms with Crippen molar-refractivity contribution < 1.29 is 14.3 Å². The first-order valence-corrected chi connectivity index (χ1v) is 5.28. The van der Waals surface area contributed by atoms with Gasteiger partial charge in [-0.15, -0.1) is 0 Å². The third-order valence-electron chi connectivity index (χ3n) is 2.08. The summed E-state index contributed by atoms with van der Waals surface area (Å²) in [5.41, 5.74) is 1.66. The van der Waals surface area contributed by atoms with Gasteiger partial charge < -0.3 is 10.1 Å². The van der Waals surface area contributed by atoms with Crippen LogP contribution in [0.15, 0.2) is 30.8 Å². The van der Waals surface area contributed by atoms with Crippen LogP contribution in [0.3, 0.4) is 0 Å². The summed E-state index contributed by atoms with van der Waals surface area (Å²) in [4.78, 5) is 22.2. The zero-order chi connectivity index (χ0) is 12.8. The molecule has 1 rings (SSSR count). The first kappa shape index (κ1) is 13.0. The molecule has 0 spiro atoms. The van der Waals surface area contributed by atoms with Gasteiger partial charge in [0.2, 0.25) is 5.91 Å². The van der Waals surface area contributed by atoms with Gasteiger partial charge in [-0.3, -0.25) is 4.79 Å². The number of anilines is 1. The number of rotatable bonds is 4. The third-order valence-corrected chi connectivity index (χ3v) is 2.08. The number of ether oxygens (including phenoxy) is 1. The second-order valence-corrected chi connectivity index (χ2v) is 3.46. The van der Waals surface area contributed by atoms with Crippen LogP contribution in [0.25, 0.3) is 5.57 Å². The average Bonchev–Trinajstić information content (AvgIpc) is 2.28. The Kier molecular flexibility index (Phi) is 4.46. The second kappa shape index (κ2) is 5.84. The molecule has 17 heavy (non-hydrogen) atoms. The summed E-state index contributed by atoms with van der Waals surface area (Å²) in [5, 5.41) is 2.64. The van der Waals surface area contributed by atoms with Crippen LogP contribution in [0.5, 0.6) is 0 Å². The lowest BCUT2D eigenvalue weighted by molar-refractivity contribution is -0.136. The maximum Gasteiger partial charge on any atom is 0.338 e. The Morgan fingerprint density at radius 1 is 1.29 bits per heavy atom. The Hall–Kier alpha value is -2.10. The Bertz CT molecular complexity index is 434. The molecule has 0 aromatic heterocycles. The van der Waals surface area contributed by atoms with Gasteiger partial charge in [0.05, 0.1) is 12.2 Å². The van der Waals surface area contributed by atoms with Crippen molar-refractivity contribution in [2.45, 2.75) is 13.8 Å². The number of esters is 1. The van der Waals surface area contributed by atoms with E-state index < -0.39 is 5.97 Å². The van der Waals surface area contributed by atoms with Crippen LogP contribution in [0.1, 0.15) is 19.4 Å². The average molecular weight is 233 g/mol. The van der Waals surface area contributed by atoms with Crippen LogP contribution in [0.4, 0.5) is 5.69 Å². The minimum Gasteiger partial charge on any atom is -0.462 e. The SMILES string of the molecule is C=C(C(=O)OCC)c1ccc(NC(C)=O)cc1. The number of amides is 1. The highest BCUT2D eigenvalue weighted by atomic mass is 16.5. The molecule has 0 bridgehead atoms. The van der Waals surface area contributed by atoms with Gasteiger partial charge in [-0.1, -0.05) is 18.7 Å². The smallest absolute Gasteiger partial charge is 0.338 e. The van der Waals surface area contributed by atoms with E-state index in [-0.39, 0.29) is 5.91 Å². The molecule has 1 amide bonds. The molecular formula is C13H15NO3. The van der Waals surface area contributed by atoms with Crippen molar-refractivity contribution in [1.82, 2.24) is 0 Å². The van der Waals surface area contributed by atoms with E-state index in [1.807, 2.05) is 0 Å². The molecule has 1 aromatic carbocycles. The Morgan fingerprint density at radius 3 is 2.35 bits per heavy atom.